The number of hydrogen-bond acceptors (Lipinski definition) is 3. The molecule has 0 radical (unpaired) electrons. The molecule has 5 heteroatoms. The number of halogens is 1. The summed E-state index contributed by atoms with van der Waals surface area (Å²) in [5, 5.41) is 12.6. The van der Waals surface area contributed by atoms with Gasteiger partial charge in [-0.05, 0) is 36.2 Å². The number of benzene rings is 2. The summed E-state index contributed by atoms with van der Waals surface area (Å²) < 4.78 is 18.6. The van der Waals surface area contributed by atoms with Crippen molar-refractivity contribution in [2.75, 3.05) is 7.11 Å². The van der Waals surface area contributed by atoms with Crippen LogP contribution >= 0.6 is 0 Å². The standard InChI is InChI=1S/C17H16FNO3/c1-22-16-7-6-10(8-15(16)20)17(21)19-14-9-12(14)11-4-2-3-5-13(11)18/h2-8,12,14,20H,9H2,1H3,(H,19,21)/t12-,14-/m1/s1. The fraction of sp³-hybridized carbons (Fsp3) is 0.235. The van der Waals surface area contributed by atoms with E-state index in [0.717, 1.165) is 6.42 Å². The minimum absolute atomic E-state index is 0.0111. The normalized spacial score (nSPS) is 19.5. The molecule has 2 atom stereocenters. The molecule has 1 aliphatic carbocycles. The summed E-state index contributed by atoms with van der Waals surface area (Å²) in [6.07, 6.45) is 0.717. The summed E-state index contributed by atoms with van der Waals surface area (Å²) in [7, 11) is 1.44. The number of aromatic hydroxyl groups is 1. The second-order valence-electron chi connectivity index (χ2n) is 5.33. The number of phenols is 1. The maximum Gasteiger partial charge on any atom is 0.251 e. The highest BCUT2D eigenvalue weighted by molar-refractivity contribution is 5.95. The molecular weight excluding hydrogens is 285 g/mol. The molecule has 1 saturated carbocycles. The third-order valence-electron chi connectivity index (χ3n) is 3.85. The van der Waals surface area contributed by atoms with E-state index in [1.807, 2.05) is 0 Å². The van der Waals surface area contributed by atoms with Crippen LogP contribution in [-0.2, 0) is 0 Å². The fourth-order valence-electron chi connectivity index (χ4n) is 2.56. The van der Waals surface area contributed by atoms with E-state index >= 15 is 0 Å². The monoisotopic (exact) mass is 301 g/mol. The molecule has 1 fully saturated rings. The molecule has 22 heavy (non-hydrogen) atoms. The van der Waals surface area contributed by atoms with Crippen LogP contribution in [0, 0.1) is 5.82 Å². The van der Waals surface area contributed by atoms with Crippen LogP contribution in [-0.4, -0.2) is 24.2 Å². The first-order chi connectivity index (χ1) is 10.6. The lowest BCUT2D eigenvalue weighted by Gasteiger charge is -2.08. The Morgan fingerprint density at radius 3 is 2.77 bits per heavy atom. The van der Waals surface area contributed by atoms with E-state index in [1.54, 1.807) is 24.3 Å². The number of amides is 1. The van der Waals surface area contributed by atoms with Gasteiger partial charge in [-0.3, -0.25) is 4.79 Å². The van der Waals surface area contributed by atoms with E-state index < -0.39 is 0 Å². The smallest absolute Gasteiger partial charge is 0.251 e. The topological polar surface area (TPSA) is 58.6 Å². The summed E-state index contributed by atoms with van der Waals surface area (Å²) in [5.41, 5.74) is 0.975. The zero-order chi connectivity index (χ0) is 15.7. The second-order valence-corrected chi connectivity index (χ2v) is 5.33. The van der Waals surface area contributed by atoms with E-state index in [1.165, 1.54) is 25.3 Å². The van der Waals surface area contributed by atoms with Crippen molar-refractivity contribution in [3.05, 3.63) is 59.4 Å². The summed E-state index contributed by atoms with van der Waals surface area (Å²) in [5.74, 6) is -0.297. The third-order valence-corrected chi connectivity index (χ3v) is 3.85. The van der Waals surface area contributed by atoms with E-state index in [2.05, 4.69) is 5.32 Å². The number of carbonyl (C=O) groups excluding carboxylic acids is 1. The van der Waals surface area contributed by atoms with Crippen LogP contribution in [0.25, 0.3) is 0 Å². The Bertz CT molecular complexity index is 717. The largest absolute Gasteiger partial charge is 0.504 e. The van der Waals surface area contributed by atoms with Gasteiger partial charge < -0.3 is 15.2 Å². The van der Waals surface area contributed by atoms with Crippen molar-refractivity contribution in [3.8, 4) is 11.5 Å². The molecule has 0 heterocycles. The second kappa shape index (κ2) is 5.67. The van der Waals surface area contributed by atoms with Gasteiger partial charge in [-0.25, -0.2) is 4.39 Å². The molecule has 1 aliphatic rings. The molecule has 0 aromatic heterocycles. The lowest BCUT2D eigenvalue weighted by Crippen LogP contribution is -2.26. The van der Waals surface area contributed by atoms with Gasteiger partial charge in [0.05, 0.1) is 7.11 Å². The predicted octanol–water partition coefficient (Wildman–Crippen LogP) is 2.83. The van der Waals surface area contributed by atoms with Crippen molar-refractivity contribution in [1.82, 2.24) is 5.32 Å². The quantitative estimate of drug-likeness (QED) is 0.913. The van der Waals surface area contributed by atoms with Crippen LogP contribution in [0.3, 0.4) is 0 Å². The number of nitrogens with one attached hydrogen (secondary N) is 1. The minimum Gasteiger partial charge on any atom is -0.504 e. The number of hydrogen-bond donors (Lipinski definition) is 2. The Morgan fingerprint density at radius 1 is 1.32 bits per heavy atom. The SMILES string of the molecule is COc1ccc(C(=O)N[C@@H]2C[C@@H]2c2ccccc2F)cc1O. The maximum atomic E-state index is 13.7. The first-order valence-corrected chi connectivity index (χ1v) is 7.02. The number of carbonyl (C=O) groups is 1. The fourth-order valence-corrected chi connectivity index (χ4v) is 2.56. The molecule has 2 N–H and O–H groups in total. The molecule has 0 unspecified atom stereocenters. The Kier molecular flexibility index (Phi) is 3.71. The molecule has 2 aromatic rings. The molecule has 4 nitrogen and oxygen atoms in total. The van der Waals surface area contributed by atoms with Crippen molar-refractivity contribution in [3.63, 3.8) is 0 Å². The average molecular weight is 301 g/mol. The molecule has 3 rings (SSSR count). The third kappa shape index (κ3) is 2.74. The molecule has 114 valence electrons. The molecule has 0 saturated heterocycles. The van der Waals surface area contributed by atoms with Crippen LogP contribution in [0.15, 0.2) is 42.5 Å². The number of rotatable bonds is 4. The summed E-state index contributed by atoms with van der Waals surface area (Å²) in [4.78, 5) is 12.2. The van der Waals surface area contributed by atoms with Gasteiger partial charge in [-0.1, -0.05) is 18.2 Å². The van der Waals surface area contributed by atoms with E-state index in [-0.39, 0.29) is 29.4 Å². The molecule has 0 spiro atoms. The molecule has 0 aliphatic heterocycles. The van der Waals surface area contributed by atoms with Crippen molar-refractivity contribution in [2.45, 2.75) is 18.4 Å². The Labute approximate surface area is 127 Å². The van der Waals surface area contributed by atoms with Crippen LogP contribution in [0.1, 0.15) is 28.3 Å². The highest BCUT2D eigenvalue weighted by Crippen LogP contribution is 2.42. The summed E-state index contributed by atoms with van der Waals surface area (Å²) in [6.45, 7) is 0. The lowest BCUT2D eigenvalue weighted by atomic mass is 10.1. The first kappa shape index (κ1) is 14.4. The van der Waals surface area contributed by atoms with Gasteiger partial charge in [0.25, 0.3) is 5.91 Å². The minimum atomic E-state index is -0.290. The molecule has 0 bridgehead atoms. The highest BCUT2D eigenvalue weighted by Gasteiger charge is 2.41. The van der Waals surface area contributed by atoms with Crippen LogP contribution in [0.4, 0.5) is 4.39 Å². The lowest BCUT2D eigenvalue weighted by molar-refractivity contribution is 0.0949. The van der Waals surface area contributed by atoms with E-state index in [9.17, 15) is 14.3 Å². The maximum absolute atomic E-state index is 13.7. The Morgan fingerprint density at radius 2 is 2.09 bits per heavy atom. The summed E-state index contributed by atoms with van der Waals surface area (Å²) in [6, 6.07) is 11.0. The van der Waals surface area contributed by atoms with Crippen molar-refractivity contribution in [2.24, 2.45) is 0 Å². The Balaban J connectivity index is 1.67. The predicted molar refractivity (Wildman–Crippen MR) is 79.7 cm³/mol. The van der Waals surface area contributed by atoms with Gasteiger partial charge in [-0.2, -0.15) is 0 Å². The first-order valence-electron chi connectivity index (χ1n) is 7.02. The number of phenolic OH excluding ortho intramolecular Hbond substituents is 1. The Hall–Kier alpha value is -2.56. The van der Waals surface area contributed by atoms with E-state index in [4.69, 9.17) is 4.74 Å². The van der Waals surface area contributed by atoms with Crippen LogP contribution in [0.2, 0.25) is 0 Å². The zero-order valence-electron chi connectivity index (χ0n) is 12.0. The van der Waals surface area contributed by atoms with Crippen LogP contribution < -0.4 is 10.1 Å². The summed E-state index contributed by atoms with van der Waals surface area (Å²) >= 11 is 0. The van der Waals surface area contributed by atoms with Gasteiger partial charge >= 0.3 is 0 Å². The van der Waals surface area contributed by atoms with Gasteiger partial charge in [0.15, 0.2) is 11.5 Å². The van der Waals surface area contributed by atoms with Gasteiger partial charge in [0, 0.05) is 17.5 Å². The number of ether oxygens (including phenoxy) is 1. The molecular formula is C17H16FNO3. The van der Waals surface area contributed by atoms with Gasteiger partial charge in [0.2, 0.25) is 0 Å². The van der Waals surface area contributed by atoms with Crippen molar-refractivity contribution >= 4 is 5.91 Å². The average Bonchev–Trinajstić information content (AvgIpc) is 3.26. The molecule has 1 amide bonds. The molecule has 2 aromatic carbocycles. The van der Waals surface area contributed by atoms with E-state index in [0.29, 0.717) is 16.9 Å². The van der Waals surface area contributed by atoms with Gasteiger partial charge in [-0.15, -0.1) is 0 Å². The van der Waals surface area contributed by atoms with Gasteiger partial charge in [0.1, 0.15) is 5.82 Å². The van der Waals surface area contributed by atoms with Crippen molar-refractivity contribution < 1.29 is 19.0 Å². The highest BCUT2D eigenvalue weighted by atomic mass is 19.1. The van der Waals surface area contributed by atoms with Crippen molar-refractivity contribution in [1.29, 1.82) is 0 Å². The number of methoxy groups -OCH3 is 1. The van der Waals surface area contributed by atoms with Crippen LogP contribution in [0.5, 0.6) is 11.5 Å². The zero-order valence-corrected chi connectivity index (χ0v) is 12.0.